The van der Waals surface area contributed by atoms with E-state index in [-0.39, 0.29) is 11.9 Å². The Morgan fingerprint density at radius 2 is 1.80 bits per heavy atom. The maximum atomic E-state index is 12.9. The lowest BCUT2D eigenvalue weighted by Crippen LogP contribution is -2.42. The number of rotatable bonds is 8. The maximum absolute atomic E-state index is 12.9. The van der Waals surface area contributed by atoms with E-state index in [1.807, 2.05) is 67.6 Å². The number of carbonyl (C=O) groups is 1. The number of aromatic nitrogens is 1. The average Bonchev–Trinajstić information content (AvgIpc) is 2.78. The summed E-state index contributed by atoms with van der Waals surface area (Å²) >= 11 is 0. The molecule has 0 saturated heterocycles. The maximum Gasteiger partial charge on any atom is 0.229 e. The van der Waals surface area contributed by atoms with Gasteiger partial charge in [0.25, 0.3) is 0 Å². The number of nitrogens with one attached hydrogen (secondary N) is 1. The third-order valence-corrected chi connectivity index (χ3v) is 5.17. The third kappa shape index (κ3) is 5.24. The van der Waals surface area contributed by atoms with E-state index in [9.17, 15) is 9.90 Å². The number of hydrogen-bond donors (Lipinski definition) is 2. The monoisotopic (exact) mass is 404 g/mol. The van der Waals surface area contributed by atoms with Crippen LogP contribution in [0.4, 0.5) is 0 Å². The van der Waals surface area contributed by atoms with Crippen molar-refractivity contribution < 1.29 is 14.6 Å². The Balaban J connectivity index is 1.67. The van der Waals surface area contributed by atoms with Crippen LogP contribution in [0.2, 0.25) is 0 Å². The lowest BCUT2D eigenvalue weighted by molar-refractivity contribution is -0.136. The summed E-state index contributed by atoms with van der Waals surface area (Å²) in [7, 11) is 0. The predicted molar refractivity (Wildman–Crippen MR) is 117 cm³/mol. The fourth-order valence-electron chi connectivity index (χ4n) is 3.14. The van der Waals surface area contributed by atoms with Crippen LogP contribution in [0, 0.1) is 5.41 Å². The first-order chi connectivity index (χ1) is 14.4. The van der Waals surface area contributed by atoms with E-state index in [1.54, 1.807) is 32.2 Å². The Labute approximate surface area is 177 Å². The largest absolute Gasteiger partial charge is 0.489 e. The average molecular weight is 405 g/mol. The lowest BCUT2D eigenvalue weighted by Gasteiger charge is -2.31. The highest BCUT2D eigenvalue weighted by Gasteiger charge is 2.37. The molecule has 0 bridgehead atoms. The molecular weight excluding hydrogens is 376 g/mol. The van der Waals surface area contributed by atoms with Crippen LogP contribution in [-0.2, 0) is 11.4 Å². The molecule has 0 spiro atoms. The topological polar surface area (TPSA) is 71.5 Å². The van der Waals surface area contributed by atoms with Crippen LogP contribution < -0.4 is 10.1 Å². The Hall–Kier alpha value is -3.18. The van der Waals surface area contributed by atoms with Crippen molar-refractivity contribution in [1.29, 1.82) is 0 Å². The van der Waals surface area contributed by atoms with E-state index in [4.69, 9.17) is 4.74 Å². The standard InChI is InChI=1S/C25H28N2O3/c1-18(22-14-7-8-15-26-22)27-24(29)25(2,3)23(28)20-12-9-13-21(16-20)30-17-19-10-5-4-6-11-19/h4-16,18,23,28H,17H2,1-3H3,(H,27,29)/t18-,23+/m0/s1. The third-order valence-electron chi connectivity index (χ3n) is 5.17. The molecule has 2 aromatic carbocycles. The highest BCUT2D eigenvalue weighted by Crippen LogP contribution is 2.35. The Kier molecular flexibility index (Phi) is 6.85. The molecule has 0 aliphatic carbocycles. The molecule has 3 rings (SSSR count). The number of ether oxygens (including phenoxy) is 1. The molecule has 0 aliphatic heterocycles. The van der Waals surface area contributed by atoms with Crippen molar-refractivity contribution >= 4 is 5.91 Å². The van der Waals surface area contributed by atoms with Gasteiger partial charge in [-0.25, -0.2) is 0 Å². The van der Waals surface area contributed by atoms with Gasteiger partial charge in [-0.05, 0) is 56.2 Å². The summed E-state index contributed by atoms with van der Waals surface area (Å²) in [6.45, 7) is 5.78. The van der Waals surface area contributed by atoms with Crippen molar-refractivity contribution in [2.45, 2.75) is 39.5 Å². The van der Waals surface area contributed by atoms with Crippen LogP contribution in [0.1, 0.15) is 49.7 Å². The summed E-state index contributed by atoms with van der Waals surface area (Å²) in [5, 5.41) is 13.9. The van der Waals surface area contributed by atoms with Gasteiger partial charge in [0.05, 0.1) is 23.3 Å². The van der Waals surface area contributed by atoms with Gasteiger partial charge in [-0.1, -0.05) is 48.5 Å². The van der Waals surface area contributed by atoms with Gasteiger partial charge in [0, 0.05) is 6.20 Å². The second kappa shape index (κ2) is 9.55. The Morgan fingerprint density at radius 1 is 1.07 bits per heavy atom. The summed E-state index contributed by atoms with van der Waals surface area (Å²) in [5.41, 5.74) is 1.42. The molecule has 30 heavy (non-hydrogen) atoms. The van der Waals surface area contributed by atoms with Gasteiger partial charge in [0.15, 0.2) is 0 Å². The Bertz CT molecular complexity index is 958. The summed E-state index contributed by atoms with van der Waals surface area (Å²) < 4.78 is 5.86. The zero-order valence-electron chi connectivity index (χ0n) is 17.6. The second-order valence-electron chi connectivity index (χ2n) is 7.92. The Morgan fingerprint density at radius 3 is 2.50 bits per heavy atom. The molecule has 1 aromatic heterocycles. The molecule has 0 saturated carbocycles. The molecule has 0 fully saturated rings. The molecule has 5 heteroatoms. The fourth-order valence-corrected chi connectivity index (χ4v) is 3.14. The molecular formula is C25H28N2O3. The minimum atomic E-state index is -1.04. The summed E-state index contributed by atoms with van der Waals surface area (Å²) in [5.74, 6) is 0.400. The SMILES string of the molecule is C[C@H](NC(=O)C(C)(C)[C@H](O)c1cccc(OCc2ccccc2)c1)c1ccccn1. The van der Waals surface area contributed by atoms with Gasteiger partial charge < -0.3 is 15.2 Å². The van der Waals surface area contributed by atoms with Crippen LogP contribution in [0.15, 0.2) is 79.0 Å². The van der Waals surface area contributed by atoms with Crippen LogP contribution in [0.3, 0.4) is 0 Å². The molecule has 156 valence electrons. The quantitative estimate of drug-likeness (QED) is 0.576. The number of pyridine rings is 1. The predicted octanol–water partition coefficient (Wildman–Crippen LogP) is 4.60. The molecule has 0 unspecified atom stereocenters. The molecule has 1 heterocycles. The first kappa shape index (κ1) is 21.5. The molecule has 5 nitrogen and oxygen atoms in total. The van der Waals surface area contributed by atoms with Crippen molar-refractivity contribution in [3.63, 3.8) is 0 Å². The van der Waals surface area contributed by atoms with Crippen LogP contribution in [0.5, 0.6) is 5.75 Å². The van der Waals surface area contributed by atoms with Crippen LogP contribution in [0.25, 0.3) is 0 Å². The number of hydrogen-bond acceptors (Lipinski definition) is 4. The second-order valence-corrected chi connectivity index (χ2v) is 7.92. The zero-order chi connectivity index (χ0) is 21.6. The van der Waals surface area contributed by atoms with Gasteiger partial charge in [0.1, 0.15) is 12.4 Å². The van der Waals surface area contributed by atoms with E-state index in [1.165, 1.54) is 0 Å². The molecule has 1 amide bonds. The summed E-state index contributed by atoms with van der Waals surface area (Å²) in [6, 6.07) is 22.4. The van der Waals surface area contributed by atoms with Gasteiger partial charge in [-0.3, -0.25) is 9.78 Å². The smallest absolute Gasteiger partial charge is 0.229 e. The molecule has 0 aliphatic rings. The number of benzene rings is 2. The van der Waals surface area contributed by atoms with E-state index in [0.29, 0.717) is 17.9 Å². The van der Waals surface area contributed by atoms with Gasteiger partial charge >= 0.3 is 0 Å². The van der Waals surface area contributed by atoms with Crippen LogP contribution in [-0.4, -0.2) is 16.0 Å². The molecule has 3 aromatic rings. The van der Waals surface area contributed by atoms with Crippen molar-refractivity contribution in [2.75, 3.05) is 0 Å². The van der Waals surface area contributed by atoms with E-state index in [2.05, 4.69) is 10.3 Å². The highest BCUT2D eigenvalue weighted by atomic mass is 16.5. The number of nitrogens with zero attached hydrogens (tertiary/aromatic N) is 1. The number of aliphatic hydroxyl groups is 1. The normalized spacial score (nSPS) is 13.3. The van der Waals surface area contributed by atoms with Gasteiger partial charge in [-0.2, -0.15) is 0 Å². The zero-order valence-corrected chi connectivity index (χ0v) is 17.6. The van der Waals surface area contributed by atoms with E-state index >= 15 is 0 Å². The van der Waals surface area contributed by atoms with Crippen LogP contribution >= 0.6 is 0 Å². The molecule has 0 radical (unpaired) electrons. The minimum absolute atomic E-state index is 0.247. The minimum Gasteiger partial charge on any atom is -0.489 e. The summed E-state index contributed by atoms with van der Waals surface area (Å²) in [6.07, 6.45) is 0.701. The lowest BCUT2D eigenvalue weighted by atomic mass is 9.81. The van der Waals surface area contributed by atoms with Gasteiger partial charge in [0.2, 0.25) is 5.91 Å². The first-order valence-electron chi connectivity index (χ1n) is 10.0. The number of carbonyl (C=O) groups excluding carboxylic acids is 1. The van der Waals surface area contributed by atoms with Crippen molar-refractivity contribution in [3.05, 3.63) is 95.8 Å². The highest BCUT2D eigenvalue weighted by molar-refractivity contribution is 5.83. The van der Waals surface area contributed by atoms with Crippen molar-refractivity contribution in [1.82, 2.24) is 10.3 Å². The fraction of sp³-hybridized carbons (Fsp3) is 0.280. The van der Waals surface area contributed by atoms with Gasteiger partial charge in [-0.15, -0.1) is 0 Å². The number of aliphatic hydroxyl groups excluding tert-OH is 1. The van der Waals surface area contributed by atoms with E-state index in [0.717, 1.165) is 11.3 Å². The van der Waals surface area contributed by atoms with Crippen molar-refractivity contribution in [2.24, 2.45) is 5.41 Å². The number of amides is 1. The first-order valence-corrected chi connectivity index (χ1v) is 10.0. The van der Waals surface area contributed by atoms with E-state index < -0.39 is 11.5 Å². The summed E-state index contributed by atoms with van der Waals surface area (Å²) in [4.78, 5) is 17.2. The molecule has 2 atom stereocenters. The molecule has 2 N–H and O–H groups in total. The van der Waals surface area contributed by atoms with Crippen molar-refractivity contribution in [3.8, 4) is 5.75 Å².